The number of rotatable bonds is 10. The summed E-state index contributed by atoms with van der Waals surface area (Å²) in [5.41, 5.74) is 1.12. The summed E-state index contributed by atoms with van der Waals surface area (Å²) in [6.07, 6.45) is 2.98. The highest BCUT2D eigenvalue weighted by molar-refractivity contribution is 6.78. The van der Waals surface area contributed by atoms with Gasteiger partial charge in [-0.15, -0.1) is 6.58 Å². The third-order valence-electron chi connectivity index (χ3n) is 4.42. The Hall–Kier alpha value is -0.813. The number of aliphatic hydroxyl groups excluding tert-OH is 1. The van der Waals surface area contributed by atoms with Crippen molar-refractivity contribution in [2.75, 3.05) is 19.7 Å². The van der Waals surface area contributed by atoms with Crippen LogP contribution in [-0.2, 0) is 4.43 Å². The maximum absolute atomic E-state index is 12.7. The minimum absolute atomic E-state index is 0.152. The van der Waals surface area contributed by atoms with Crippen molar-refractivity contribution in [1.29, 1.82) is 0 Å². The number of hydrogen-bond donors (Lipinski definition) is 1. The topological polar surface area (TPSA) is 49.8 Å². The molecule has 0 saturated heterocycles. The normalized spacial score (nSPS) is 12.1. The molecule has 5 heteroatoms. The van der Waals surface area contributed by atoms with Crippen LogP contribution in [0.15, 0.2) is 12.7 Å². The molecular weight excluding hydrogens is 294 g/mol. The second-order valence-corrected chi connectivity index (χ2v) is 12.2. The SMILES string of the molecule is C=CCN(CCCCO)C(=O)O[Si](C(C)C)(C(C)C)C(C)C. The molecule has 0 spiro atoms. The monoisotopic (exact) mass is 329 g/mol. The molecule has 4 nitrogen and oxygen atoms in total. The van der Waals surface area contributed by atoms with Gasteiger partial charge in [0.25, 0.3) is 8.32 Å². The van der Waals surface area contributed by atoms with Crippen molar-refractivity contribution in [3.05, 3.63) is 12.7 Å². The van der Waals surface area contributed by atoms with Gasteiger partial charge in [0.15, 0.2) is 0 Å². The lowest BCUT2D eigenvalue weighted by Gasteiger charge is -2.42. The number of amides is 1. The highest BCUT2D eigenvalue weighted by Gasteiger charge is 2.48. The lowest BCUT2D eigenvalue weighted by atomic mass is 10.3. The number of nitrogens with zero attached hydrogens (tertiary/aromatic N) is 1. The standard InChI is InChI=1S/C17H35NO3Si/c1-8-11-18(12-9-10-13-19)17(20)21-22(14(2)3,15(4)5)16(6)7/h8,14-16,19H,1,9-13H2,2-7H3. The zero-order chi connectivity index (χ0) is 17.3. The summed E-state index contributed by atoms with van der Waals surface area (Å²) in [4.78, 5) is 14.4. The van der Waals surface area contributed by atoms with E-state index in [9.17, 15) is 4.79 Å². The first-order valence-electron chi connectivity index (χ1n) is 8.43. The smallest absolute Gasteiger partial charge is 0.396 e. The van der Waals surface area contributed by atoms with E-state index in [1.54, 1.807) is 11.0 Å². The molecule has 0 aliphatic rings. The molecule has 0 saturated carbocycles. The number of hydrogen-bond acceptors (Lipinski definition) is 3. The Morgan fingerprint density at radius 2 is 1.64 bits per heavy atom. The van der Waals surface area contributed by atoms with E-state index in [0.717, 1.165) is 6.42 Å². The Labute approximate surface area is 137 Å². The summed E-state index contributed by atoms with van der Waals surface area (Å²) in [5, 5.41) is 8.90. The van der Waals surface area contributed by atoms with Crippen LogP contribution in [0.3, 0.4) is 0 Å². The van der Waals surface area contributed by atoms with Crippen LogP contribution in [0.25, 0.3) is 0 Å². The third kappa shape index (κ3) is 5.43. The molecule has 1 amide bonds. The van der Waals surface area contributed by atoms with Crippen LogP contribution < -0.4 is 0 Å². The fourth-order valence-electron chi connectivity index (χ4n) is 3.40. The Morgan fingerprint density at radius 3 is 2.00 bits per heavy atom. The molecule has 0 rings (SSSR count). The molecule has 0 atom stereocenters. The van der Waals surface area contributed by atoms with E-state index in [1.807, 2.05) is 0 Å². The molecular formula is C17H35NO3Si. The second kappa shape index (κ2) is 10.1. The summed E-state index contributed by atoms with van der Waals surface area (Å²) < 4.78 is 6.18. The Balaban J connectivity index is 5.15. The van der Waals surface area contributed by atoms with Gasteiger partial charge >= 0.3 is 6.09 Å². The first-order chi connectivity index (χ1) is 10.2. The maximum Gasteiger partial charge on any atom is 0.396 e. The minimum Gasteiger partial charge on any atom is -0.503 e. The van der Waals surface area contributed by atoms with Crippen molar-refractivity contribution in [1.82, 2.24) is 4.90 Å². The van der Waals surface area contributed by atoms with Gasteiger partial charge in [0.2, 0.25) is 0 Å². The third-order valence-corrected chi connectivity index (χ3v) is 10.4. The molecule has 0 fully saturated rings. The van der Waals surface area contributed by atoms with E-state index < -0.39 is 8.32 Å². The molecule has 0 radical (unpaired) electrons. The molecule has 0 aromatic rings. The Kier molecular flexibility index (Phi) is 9.68. The van der Waals surface area contributed by atoms with E-state index in [0.29, 0.717) is 36.1 Å². The Bertz CT molecular complexity index is 321. The van der Waals surface area contributed by atoms with E-state index in [1.165, 1.54) is 0 Å². The van der Waals surface area contributed by atoms with E-state index >= 15 is 0 Å². The van der Waals surface area contributed by atoms with Crippen LogP contribution in [-0.4, -0.2) is 44.1 Å². The van der Waals surface area contributed by atoms with Crippen LogP contribution >= 0.6 is 0 Å². The predicted molar refractivity (Wildman–Crippen MR) is 95.6 cm³/mol. The van der Waals surface area contributed by atoms with Crippen molar-refractivity contribution < 1.29 is 14.3 Å². The van der Waals surface area contributed by atoms with Crippen molar-refractivity contribution in [3.8, 4) is 0 Å². The van der Waals surface area contributed by atoms with Crippen molar-refractivity contribution in [2.45, 2.75) is 71.0 Å². The molecule has 22 heavy (non-hydrogen) atoms. The maximum atomic E-state index is 12.7. The summed E-state index contributed by atoms with van der Waals surface area (Å²) in [5.74, 6) is 0. The zero-order valence-corrected chi connectivity index (χ0v) is 16.3. The van der Waals surface area contributed by atoms with Gasteiger partial charge in [0.1, 0.15) is 0 Å². The van der Waals surface area contributed by atoms with Crippen LogP contribution in [0, 0.1) is 0 Å². The van der Waals surface area contributed by atoms with Crippen molar-refractivity contribution >= 4 is 14.4 Å². The largest absolute Gasteiger partial charge is 0.503 e. The van der Waals surface area contributed by atoms with Crippen molar-refractivity contribution in [3.63, 3.8) is 0 Å². The molecule has 0 heterocycles. The van der Waals surface area contributed by atoms with Gasteiger partial charge in [0.05, 0.1) is 0 Å². The van der Waals surface area contributed by atoms with Gasteiger partial charge < -0.3 is 14.4 Å². The molecule has 0 aliphatic heterocycles. The molecule has 0 aliphatic carbocycles. The van der Waals surface area contributed by atoms with Crippen LogP contribution in [0.2, 0.25) is 16.6 Å². The fraction of sp³-hybridized carbons (Fsp3) is 0.824. The fourth-order valence-corrected chi connectivity index (χ4v) is 8.54. The number of carbonyl (C=O) groups excluding carboxylic acids is 1. The molecule has 0 aromatic carbocycles. The van der Waals surface area contributed by atoms with Crippen molar-refractivity contribution in [2.24, 2.45) is 0 Å². The first kappa shape index (κ1) is 21.2. The highest BCUT2D eigenvalue weighted by Crippen LogP contribution is 2.42. The van der Waals surface area contributed by atoms with Gasteiger partial charge in [-0.2, -0.15) is 0 Å². The number of aliphatic hydroxyl groups is 1. The summed E-state index contributed by atoms with van der Waals surface area (Å²) in [6.45, 7) is 18.0. The lowest BCUT2D eigenvalue weighted by molar-refractivity contribution is 0.148. The lowest BCUT2D eigenvalue weighted by Crippen LogP contribution is -2.52. The average molecular weight is 330 g/mol. The number of unbranched alkanes of at least 4 members (excludes halogenated alkanes) is 1. The van der Waals surface area contributed by atoms with Crippen LogP contribution in [0.1, 0.15) is 54.4 Å². The van der Waals surface area contributed by atoms with Crippen LogP contribution in [0.4, 0.5) is 4.79 Å². The van der Waals surface area contributed by atoms with Gasteiger partial charge in [-0.05, 0) is 29.5 Å². The summed E-state index contributed by atoms with van der Waals surface area (Å²) >= 11 is 0. The van der Waals surface area contributed by atoms with Crippen LogP contribution in [0.5, 0.6) is 0 Å². The molecule has 0 unspecified atom stereocenters. The second-order valence-electron chi connectivity index (χ2n) is 6.85. The quantitative estimate of drug-likeness (QED) is 0.363. The highest BCUT2D eigenvalue weighted by atomic mass is 28.4. The predicted octanol–water partition coefficient (Wildman–Crippen LogP) is 4.56. The minimum atomic E-state index is -2.20. The molecule has 1 N–H and O–H groups in total. The molecule has 130 valence electrons. The van der Waals surface area contributed by atoms with Gasteiger partial charge in [-0.25, -0.2) is 4.79 Å². The van der Waals surface area contributed by atoms with Gasteiger partial charge in [-0.1, -0.05) is 47.6 Å². The van der Waals surface area contributed by atoms with E-state index in [4.69, 9.17) is 9.53 Å². The summed E-state index contributed by atoms with van der Waals surface area (Å²) in [6, 6.07) is 0. The zero-order valence-electron chi connectivity index (χ0n) is 15.3. The van der Waals surface area contributed by atoms with E-state index in [2.05, 4.69) is 48.1 Å². The average Bonchev–Trinajstić information content (AvgIpc) is 2.42. The molecule has 0 bridgehead atoms. The molecule has 0 aromatic heterocycles. The van der Waals surface area contributed by atoms with E-state index in [-0.39, 0.29) is 12.7 Å². The van der Waals surface area contributed by atoms with Gasteiger partial charge in [-0.3, -0.25) is 0 Å². The van der Waals surface area contributed by atoms with Gasteiger partial charge in [0, 0.05) is 19.7 Å². The first-order valence-corrected chi connectivity index (χ1v) is 10.6. The number of carbonyl (C=O) groups is 1. The summed E-state index contributed by atoms with van der Waals surface area (Å²) in [7, 11) is -2.20. The Morgan fingerprint density at radius 1 is 1.14 bits per heavy atom.